The van der Waals surface area contributed by atoms with Gasteiger partial charge in [0, 0.05) is 10.9 Å². The lowest BCUT2D eigenvalue weighted by Crippen LogP contribution is -2.03. The minimum absolute atomic E-state index is 0.281. The van der Waals surface area contributed by atoms with E-state index in [9.17, 15) is 9.18 Å². The molecule has 0 spiro atoms. The van der Waals surface area contributed by atoms with Crippen molar-refractivity contribution in [2.24, 2.45) is 0 Å². The lowest BCUT2D eigenvalue weighted by Gasteiger charge is -2.01. The number of carbonyl (C=O) groups excluding carboxylic acids is 1. The summed E-state index contributed by atoms with van der Waals surface area (Å²) in [5.41, 5.74) is 2.68. The van der Waals surface area contributed by atoms with Gasteiger partial charge in [-0.25, -0.2) is 9.37 Å². The number of aldehydes is 1. The molecule has 0 unspecified atom stereocenters. The van der Waals surface area contributed by atoms with Crippen molar-refractivity contribution in [2.75, 3.05) is 0 Å². The minimum atomic E-state index is -0.281. The van der Waals surface area contributed by atoms with Crippen LogP contribution in [-0.4, -0.2) is 26.3 Å². The van der Waals surface area contributed by atoms with E-state index >= 15 is 0 Å². The standard InChI is InChI=1S/C15H13FN4OS/c1-2-3-14-12(8-21)18-19-20(14)15-17-13(9-22-15)10-4-6-11(16)7-5-10/h4-9H,2-3H2,1H3. The van der Waals surface area contributed by atoms with Gasteiger partial charge in [-0.2, -0.15) is 4.68 Å². The smallest absolute Gasteiger partial charge is 0.212 e. The predicted molar refractivity (Wildman–Crippen MR) is 81.8 cm³/mol. The van der Waals surface area contributed by atoms with Crippen LogP contribution >= 0.6 is 11.3 Å². The van der Waals surface area contributed by atoms with Crippen LogP contribution in [0.3, 0.4) is 0 Å². The Balaban J connectivity index is 1.99. The molecule has 0 N–H and O–H groups in total. The Bertz CT molecular complexity index is 794. The molecule has 0 aliphatic carbocycles. The highest BCUT2D eigenvalue weighted by Gasteiger charge is 2.16. The SMILES string of the molecule is CCCc1c(C=O)nnn1-c1nc(-c2ccc(F)cc2)cs1. The molecule has 0 amide bonds. The summed E-state index contributed by atoms with van der Waals surface area (Å²) in [6, 6.07) is 6.16. The Morgan fingerprint density at radius 1 is 1.32 bits per heavy atom. The lowest BCUT2D eigenvalue weighted by atomic mass is 10.2. The molecule has 0 bridgehead atoms. The maximum atomic E-state index is 13.0. The van der Waals surface area contributed by atoms with Crippen molar-refractivity contribution in [1.82, 2.24) is 20.0 Å². The van der Waals surface area contributed by atoms with Crippen LogP contribution in [0.25, 0.3) is 16.4 Å². The molecule has 7 heteroatoms. The molecule has 0 radical (unpaired) electrons. The average molecular weight is 316 g/mol. The minimum Gasteiger partial charge on any atom is -0.296 e. The van der Waals surface area contributed by atoms with Gasteiger partial charge in [0.05, 0.1) is 11.4 Å². The molecule has 0 atom stereocenters. The number of hydrogen-bond acceptors (Lipinski definition) is 5. The maximum absolute atomic E-state index is 13.0. The average Bonchev–Trinajstić information content (AvgIpc) is 3.15. The molecule has 0 saturated heterocycles. The number of halogens is 1. The molecular weight excluding hydrogens is 303 g/mol. The molecule has 0 fully saturated rings. The van der Waals surface area contributed by atoms with Gasteiger partial charge in [-0.05, 0) is 30.7 Å². The van der Waals surface area contributed by atoms with Crippen LogP contribution < -0.4 is 0 Å². The maximum Gasteiger partial charge on any atom is 0.212 e. The van der Waals surface area contributed by atoms with E-state index in [0.717, 1.165) is 23.4 Å². The van der Waals surface area contributed by atoms with Gasteiger partial charge in [0.25, 0.3) is 0 Å². The third-order valence-corrected chi connectivity index (χ3v) is 4.02. The van der Waals surface area contributed by atoms with Crippen LogP contribution in [-0.2, 0) is 6.42 Å². The third-order valence-electron chi connectivity index (χ3n) is 3.20. The fraction of sp³-hybridized carbons (Fsp3) is 0.200. The highest BCUT2D eigenvalue weighted by atomic mass is 32.1. The van der Waals surface area contributed by atoms with Gasteiger partial charge in [0.15, 0.2) is 6.29 Å². The number of rotatable bonds is 5. The van der Waals surface area contributed by atoms with Crippen LogP contribution in [0.2, 0.25) is 0 Å². The zero-order valence-electron chi connectivity index (χ0n) is 11.9. The van der Waals surface area contributed by atoms with Gasteiger partial charge < -0.3 is 0 Å². The topological polar surface area (TPSA) is 60.7 Å². The van der Waals surface area contributed by atoms with E-state index < -0.39 is 0 Å². The largest absolute Gasteiger partial charge is 0.296 e. The highest BCUT2D eigenvalue weighted by Crippen LogP contribution is 2.25. The Hall–Kier alpha value is -2.41. The quantitative estimate of drug-likeness (QED) is 0.678. The first kappa shape index (κ1) is 14.5. The lowest BCUT2D eigenvalue weighted by molar-refractivity contribution is 0.111. The number of carbonyl (C=O) groups is 1. The molecule has 3 rings (SSSR count). The predicted octanol–water partition coefficient (Wildman–Crippen LogP) is 3.29. The zero-order chi connectivity index (χ0) is 15.5. The third kappa shape index (κ3) is 2.67. The molecule has 0 aliphatic rings. The summed E-state index contributed by atoms with van der Waals surface area (Å²) in [6.45, 7) is 2.03. The molecule has 3 aromatic rings. The zero-order valence-corrected chi connectivity index (χ0v) is 12.7. The Kier molecular flexibility index (Phi) is 4.06. The van der Waals surface area contributed by atoms with Gasteiger partial charge >= 0.3 is 0 Å². The highest BCUT2D eigenvalue weighted by molar-refractivity contribution is 7.12. The van der Waals surface area contributed by atoms with E-state index in [1.54, 1.807) is 16.8 Å². The van der Waals surface area contributed by atoms with Crippen molar-refractivity contribution in [3.63, 3.8) is 0 Å². The Morgan fingerprint density at radius 2 is 2.09 bits per heavy atom. The van der Waals surface area contributed by atoms with Crippen LogP contribution in [0.5, 0.6) is 0 Å². The second-order valence-electron chi connectivity index (χ2n) is 4.72. The monoisotopic (exact) mass is 316 g/mol. The van der Waals surface area contributed by atoms with Gasteiger partial charge in [-0.15, -0.1) is 16.4 Å². The summed E-state index contributed by atoms with van der Waals surface area (Å²) in [5, 5.41) is 10.4. The first-order chi connectivity index (χ1) is 10.7. The number of hydrogen-bond donors (Lipinski definition) is 0. The van der Waals surface area contributed by atoms with E-state index in [4.69, 9.17) is 0 Å². The van der Waals surface area contributed by atoms with Crippen molar-refractivity contribution in [3.8, 4) is 16.4 Å². The van der Waals surface area contributed by atoms with Crippen LogP contribution in [0.15, 0.2) is 29.6 Å². The van der Waals surface area contributed by atoms with Crippen LogP contribution in [0.1, 0.15) is 29.5 Å². The summed E-state index contributed by atoms with van der Waals surface area (Å²) in [7, 11) is 0. The number of nitrogens with zero attached hydrogens (tertiary/aromatic N) is 4. The van der Waals surface area contributed by atoms with Gasteiger partial charge in [-0.3, -0.25) is 4.79 Å². The van der Waals surface area contributed by atoms with Crippen LogP contribution in [0.4, 0.5) is 4.39 Å². The Labute approximate surface area is 130 Å². The van der Waals surface area contributed by atoms with Gasteiger partial charge in [0.1, 0.15) is 11.5 Å². The molecular formula is C15H13FN4OS. The Morgan fingerprint density at radius 3 is 2.77 bits per heavy atom. The number of aromatic nitrogens is 4. The first-order valence-electron chi connectivity index (χ1n) is 6.84. The van der Waals surface area contributed by atoms with Crippen molar-refractivity contribution in [2.45, 2.75) is 19.8 Å². The molecule has 2 heterocycles. The summed E-state index contributed by atoms with van der Waals surface area (Å²) in [6.07, 6.45) is 2.29. The molecule has 0 saturated carbocycles. The van der Waals surface area contributed by atoms with Crippen molar-refractivity contribution < 1.29 is 9.18 Å². The summed E-state index contributed by atoms with van der Waals surface area (Å²) < 4.78 is 14.6. The molecule has 1 aromatic carbocycles. The van der Waals surface area contributed by atoms with E-state index in [1.807, 2.05) is 12.3 Å². The van der Waals surface area contributed by atoms with Crippen molar-refractivity contribution in [3.05, 3.63) is 46.9 Å². The van der Waals surface area contributed by atoms with E-state index in [2.05, 4.69) is 15.3 Å². The fourth-order valence-corrected chi connectivity index (χ4v) is 2.95. The van der Waals surface area contributed by atoms with Crippen molar-refractivity contribution in [1.29, 1.82) is 0 Å². The summed E-state index contributed by atoms with van der Waals surface area (Å²) >= 11 is 1.41. The molecule has 0 aliphatic heterocycles. The van der Waals surface area contributed by atoms with Gasteiger partial charge in [0.2, 0.25) is 5.13 Å². The van der Waals surface area contributed by atoms with Crippen LogP contribution in [0, 0.1) is 5.82 Å². The summed E-state index contributed by atoms with van der Waals surface area (Å²) in [4.78, 5) is 15.5. The second-order valence-corrected chi connectivity index (χ2v) is 5.56. The van der Waals surface area contributed by atoms with E-state index in [0.29, 0.717) is 23.5 Å². The molecule has 112 valence electrons. The first-order valence-corrected chi connectivity index (χ1v) is 7.72. The fourth-order valence-electron chi connectivity index (χ4n) is 2.14. The molecule has 5 nitrogen and oxygen atoms in total. The van der Waals surface area contributed by atoms with E-state index in [1.165, 1.54) is 23.5 Å². The molecule has 2 aromatic heterocycles. The number of thiazole rings is 1. The summed E-state index contributed by atoms with van der Waals surface area (Å²) in [5.74, 6) is -0.281. The van der Waals surface area contributed by atoms with E-state index in [-0.39, 0.29) is 5.82 Å². The van der Waals surface area contributed by atoms with Crippen molar-refractivity contribution >= 4 is 17.6 Å². The normalized spacial score (nSPS) is 10.8. The number of benzene rings is 1. The molecule has 22 heavy (non-hydrogen) atoms. The van der Waals surface area contributed by atoms with Gasteiger partial charge in [-0.1, -0.05) is 18.6 Å². The second kappa shape index (κ2) is 6.15.